The van der Waals surface area contributed by atoms with Gasteiger partial charge in [-0.05, 0) is 6.42 Å². The van der Waals surface area contributed by atoms with E-state index >= 15 is 0 Å². The third kappa shape index (κ3) is 11.8. The molecule has 0 aliphatic heterocycles. The van der Waals surface area contributed by atoms with E-state index in [0.717, 1.165) is 25.7 Å². The summed E-state index contributed by atoms with van der Waals surface area (Å²) in [6.45, 7) is 3.06. The second kappa shape index (κ2) is 11.2. The van der Waals surface area contributed by atoms with E-state index in [1.165, 1.54) is 0 Å². The molecular weight excluding hydrogens is 152 g/mol. The topological polar surface area (TPSA) is 26.3 Å². The molecule has 0 saturated heterocycles. The zero-order valence-corrected chi connectivity index (χ0v) is 7.28. The van der Waals surface area contributed by atoms with Gasteiger partial charge in [-0.2, -0.15) is 0 Å². The van der Waals surface area contributed by atoms with Crippen molar-refractivity contribution in [3.05, 3.63) is 0 Å². The monoisotopic (exact) mass is 164 g/mol. The van der Waals surface area contributed by atoms with Crippen LogP contribution in [-0.4, -0.2) is 19.5 Å². The standard InChI is InChI=1S/C6H12O2.Ti/c1-2-3-5-8-6-4-7;/h4H,2-3,5-6H2,1H3;. The first-order chi connectivity index (χ1) is 3.91. The zero-order chi connectivity index (χ0) is 6.24. The molecule has 0 aromatic heterocycles. The van der Waals surface area contributed by atoms with Crippen molar-refractivity contribution in [2.45, 2.75) is 19.8 Å². The molecular formula is C6H12O2Ti. The molecule has 9 heavy (non-hydrogen) atoms. The summed E-state index contributed by atoms with van der Waals surface area (Å²) in [5.74, 6) is 0. The Bertz CT molecular complexity index is 57.0. The number of carbonyl (C=O) groups is 1. The minimum atomic E-state index is 0. The summed E-state index contributed by atoms with van der Waals surface area (Å²) < 4.78 is 4.86. The van der Waals surface area contributed by atoms with Crippen LogP contribution in [0.4, 0.5) is 0 Å². The van der Waals surface area contributed by atoms with E-state index in [1.54, 1.807) is 0 Å². The van der Waals surface area contributed by atoms with E-state index < -0.39 is 0 Å². The van der Waals surface area contributed by atoms with Crippen molar-refractivity contribution in [3.8, 4) is 0 Å². The molecule has 0 saturated carbocycles. The van der Waals surface area contributed by atoms with E-state index in [4.69, 9.17) is 4.74 Å². The van der Waals surface area contributed by atoms with Gasteiger partial charge in [0.05, 0.1) is 0 Å². The number of aldehydes is 1. The van der Waals surface area contributed by atoms with Gasteiger partial charge in [0.25, 0.3) is 0 Å². The number of rotatable bonds is 5. The Morgan fingerprint density at radius 1 is 1.56 bits per heavy atom. The molecule has 0 aliphatic carbocycles. The number of hydrogen-bond acceptors (Lipinski definition) is 2. The maximum atomic E-state index is 9.64. The summed E-state index contributed by atoms with van der Waals surface area (Å²) in [6, 6.07) is 0. The molecule has 2 nitrogen and oxygen atoms in total. The van der Waals surface area contributed by atoms with E-state index in [2.05, 4.69) is 6.92 Å². The molecule has 0 aliphatic rings. The molecule has 0 unspecified atom stereocenters. The van der Waals surface area contributed by atoms with E-state index in [1.807, 2.05) is 0 Å². The van der Waals surface area contributed by atoms with Crippen molar-refractivity contribution >= 4 is 6.29 Å². The smallest absolute Gasteiger partial charge is 0.145 e. The largest absolute Gasteiger partial charge is 0.374 e. The fourth-order valence-corrected chi connectivity index (χ4v) is 0.378. The molecule has 0 N–H and O–H groups in total. The molecule has 0 fully saturated rings. The third-order valence-corrected chi connectivity index (χ3v) is 0.828. The third-order valence-electron chi connectivity index (χ3n) is 0.828. The minimum absolute atomic E-state index is 0. The minimum Gasteiger partial charge on any atom is -0.374 e. The van der Waals surface area contributed by atoms with E-state index in [0.29, 0.717) is 0 Å². The van der Waals surface area contributed by atoms with Crippen LogP contribution in [0.3, 0.4) is 0 Å². The molecule has 0 aromatic rings. The Morgan fingerprint density at radius 2 is 2.22 bits per heavy atom. The van der Waals surface area contributed by atoms with Crippen LogP contribution in [0.2, 0.25) is 0 Å². The normalized spacial score (nSPS) is 8.11. The van der Waals surface area contributed by atoms with E-state index in [9.17, 15) is 4.79 Å². The number of unbranched alkanes of at least 4 members (excludes halogenated alkanes) is 1. The average Bonchev–Trinajstić information content (AvgIpc) is 1.81. The molecule has 0 radical (unpaired) electrons. The molecule has 0 amide bonds. The summed E-state index contributed by atoms with van der Waals surface area (Å²) >= 11 is 0. The molecule has 3 heteroatoms. The summed E-state index contributed by atoms with van der Waals surface area (Å²) in [4.78, 5) is 9.64. The van der Waals surface area contributed by atoms with E-state index in [-0.39, 0.29) is 28.3 Å². The number of ether oxygens (including phenoxy) is 1. The number of hydrogen-bond donors (Lipinski definition) is 0. The van der Waals surface area contributed by atoms with Gasteiger partial charge in [-0.3, -0.25) is 0 Å². The summed E-state index contributed by atoms with van der Waals surface area (Å²) in [6.07, 6.45) is 2.95. The fraction of sp³-hybridized carbons (Fsp3) is 0.833. The average molecular weight is 164 g/mol. The molecule has 0 heterocycles. The van der Waals surface area contributed by atoms with Gasteiger partial charge in [0, 0.05) is 28.3 Å². The van der Waals surface area contributed by atoms with Crippen molar-refractivity contribution < 1.29 is 31.2 Å². The Hall–Kier alpha value is 0.344. The van der Waals surface area contributed by atoms with Gasteiger partial charge >= 0.3 is 0 Å². The Kier molecular flexibility index (Phi) is 15.0. The molecule has 52 valence electrons. The molecule has 0 atom stereocenters. The fourth-order valence-electron chi connectivity index (χ4n) is 0.378. The molecule has 0 aromatic carbocycles. The van der Waals surface area contributed by atoms with Gasteiger partial charge in [0.1, 0.15) is 12.9 Å². The zero-order valence-electron chi connectivity index (χ0n) is 5.72. The van der Waals surface area contributed by atoms with Crippen LogP contribution in [0, 0.1) is 0 Å². The Labute approximate surface area is 70.8 Å². The SMILES string of the molecule is CCCCOCC=O.[Ti]. The van der Waals surface area contributed by atoms with Crippen molar-refractivity contribution in [2.75, 3.05) is 13.2 Å². The summed E-state index contributed by atoms with van der Waals surface area (Å²) in [5, 5.41) is 0. The Balaban J connectivity index is 0. The Morgan fingerprint density at radius 3 is 2.67 bits per heavy atom. The van der Waals surface area contributed by atoms with Gasteiger partial charge in [-0.1, -0.05) is 13.3 Å². The predicted molar refractivity (Wildman–Crippen MR) is 31.8 cm³/mol. The first-order valence-electron chi connectivity index (χ1n) is 2.93. The van der Waals surface area contributed by atoms with Crippen LogP contribution in [0.25, 0.3) is 0 Å². The first-order valence-corrected chi connectivity index (χ1v) is 2.93. The second-order valence-electron chi connectivity index (χ2n) is 1.60. The number of carbonyl (C=O) groups excluding carboxylic acids is 1. The maximum absolute atomic E-state index is 9.64. The summed E-state index contributed by atoms with van der Waals surface area (Å²) in [5.41, 5.74) is 0. The van der Waals surface area contributed by atoms with Crippen LogP contribution in [-0.2, 0) is 31.2 Å². The van der Waals surface area contributed by atoms with Gasteiger partial charge in [0.15, 0.2) is 0 Å². The predicted octanol–water partition coefficient (Wildman–Crippen LogP) is 1.000. The van der Waals surface area contributed by atoms with Crippen molar-refractivity contribution in [3.63, 3.8) is 0 Å². The van der Waals surface area contributed by atoms with Gasteiger partial charge in [-0.25, -0.2) is 0 Å². The summed E-state index contributed by atoms with van der Waals surface area (Å²) in [7, 11) is 0. The molecule has 0 bridgehead atoms. The van der Waals surface area contributed by atoms with Gasteiger partial charge in [-0.15, -0.1) is 0 Å². The van der Waals surface area contributed by atoms with Crippen LogP contribution in [0.15, 0.2) is 0 Å². The van der Waals surface area contributed by atoms with Crippen LogP contribution in [0.5, 0.6) is 0 Å². The first kappa shape index (κ1) is 12.1. The maximum Gasteiger partial charge on any atom is 0.145 e. The van der Waals surface area contributed by atoms with Crippen molar-refractivity contribution in [2.24, 2.45) is 0 Å². The van der Waals surface area contributed by atoms with Crippen molar-refractivity contribution in [1.29, 1.82) is 0 Å². The van der Waals surface area contributed by atoms with Gasteiger partial charge in [0.2, 0.25) is 0 Å². The van der Waals surface area contributed by atoms with Crippen LogP contribution < -0.4 is 0 Å². The molecule has 0 rings (SSSR count). The molecule has 0 spiro atoms. The van der Waals surface area contributed by atoms with Crippen molar-refractivity contribution in [1.82, 2.24) is 0 Å². The second-order valence-corrected chi connectivity index (χ2v) is 1.60. The van der Waals surface area contributed by atoms with Crippen LogP contribution in [0.1, 0.15) is 19.8 Å². The van der Waals surface area contributed by atoms with Gasteiger partial charge < -0.3 is 9.53 Å². The van der Waals surface area contributed by atoms with Crippen LogP contribution >= 0.6 is 0 Å². The quantitative estimate of drug-likeness (QED) is 0.344.